The lowest BCUT2D eigenvalue weighted by Crippen LogP contribution is -2.19. The van der Waals surface area contributed by atoms with E-state index in [2.05, 4.69) is 5.16 Å². The number of hydrogen-bond donors (Lipinski definition) is 1. The van der Waals surface area contributed by atoms with Crippen LogP contribution in [0.3, 0.4) is 0 Å². The summed E-state index contributed by atoms with van der Waals surface area (Å²) in [6, 6.07) is 0. The molecule has 0 aromatic carbocycles. The second kappa shape index (κ2) is 4.09. The molecule has 1 saturated carbocycles. The van der Waals surface area contributed by atoms with Gasteiger partial charge < -0.3 is 9.94 Å². The molecule has 1 unspecified atom stereocenters. The third kappa shape index (κ3) is 2.02. The highest BCUT2D eigenvalue weighted by atomic mass is 16.6. The molecule has 0 radical (unpaired) electrons. The largest absolute Gasteiger partial charge is 0.392 e. The maximum atomic E-state index is 8.88. The van der Waals surface area contributed by atoms with E-state index < -0.39 is 0 Å². The van der Waals surface area contributed by atoms with E-state index in [4.69, 9.17) is 9.94 Å². The lowest BCUT2D eigenvalue weighted by molar-refractivity contribution is 0.0390. The topological polar surface area (TPSA) is 41.8 Å². The molecule has 0 spiro atoms. The summed E-state index contributed by atoms with van der Waals surface area (Å²) in [5.41, 5.74) is 1.19. The zero-order chi connectivity index (χ0) is 9.10. The number of aliphatic hydroxyl groups is 1. The summed E-state index contributed by atoms with van der Waals surface area (Å²) in [5.74, 6) is 0.644. The minimum atomic E-state index is -0.0584. The van der Waals surface area contributed by atoms with E-state index in [1.165, 1.54) is 37.8 Å². The molecule has 0 amide bonds. The molecule has 74 valence electrons. The van der Waals surface area contributed by atoms with Gasteiger partial charge in [-0.25, -0.2) is 0 Å². The number of hydrogen-bond acceptors (Lipinski definition) is 3. The quantitative estimate of drug-likeness (QED) is 0.708. The molecule has 3 heteroatoms. The van der Waals surface area contributed by atoms with Crippen LogP contribution in [0.5, 0.6) is 0 Å². The van der Waals surface area contributed by atoms with Crippen LogP contribution in [0.4, 0.5) is 0 Å². The molecule has 0 aromatic heterocycles. The molecule has 1 aliphatic carbocycles. The summed E-state index contributed by atoms with van der Waals surface area (Å²) < 4.78 is 0. The Bertz CT molecular complexity index is 197. The summed E-state index contributed by atoms with van der Waals surface area (Å²) in [6.07, 6.45) is 7.34. The molecule has 1 aliphatic heterocycles. The first-order chi connectivity index (χ1) is 6.40. The van der Waals surface area contributed by atoms with E-state index in [1.807, 2.05) is 0 Å². The van der Waals surface area contributed by atoms with Crippen molar-refractivity contribution in [3.8, 4) is 0 Å². The van der Waals surface area contributed by atoms with Crippen molar-refractivity contribution in [2.45, 2.75) is 44.6 Å². The maximum absolute atomic E-state index is 8.88. The van der Waals surface area contributed by atoms with Gasteiger partial charge in [-0.1, -0.05) is 24.4 Å². The Morgan fingerprint density at radius 2 is 2.08 bits per heavy atom. The van der Waals surface area contributed by atoms with Gasteiger partial charge in [0, 0.05) is 12.3 Å². The minimum absolute atomic E-state index is 0.0584. The van der Waals surface area contributed by atoms with E-state index >= 15 is 0 Å². The molecule has 13 heavy (non-hydrogen) atoms. The predicted molar refractivity (Wildman–Crippen MR) is 50.6 cm³/mol. The molecular formula is C10H17NO2. The minimum Gasteiger partial charge on any atom is -0.392 e. The van der Waals surface area contributed by atoms with Gasteiger partial charge in [0.2, 0.25) is 0 Å². The van der Waals surface area contributed by atoms with Gasteiger partial charge >= 0.3 is 0 Å². The number of nitrogens with zero attached hydrogens (tertiary/aromatic N) is 1. The van der Waals surface area contributed by atoms with Crippen LogP contribution in [0.15, 0.2) is 5.16 Å². The molecule has 2 aliphatic rings. The monoisotopic (exact) mass is 183 g/mol. The predicted octanol–water partition coefficient (Wildman–Crippen LogP) is 1.70. The van der Waals surface area contributed by atoms with Gasteiger partial charge in [-0.15, -0.1) is 0 Å². The highest BCUT2D eigenvalue weighted by molar-refractivity contribution is 5.87. The fourth-order valence-electron chi connectivity index (χ4n) is 2.22. The van der Waals surface area contributed by atoms with Crippen molar-refractivity contribution in [2.24, 2.45) is 11.1 Å². The van der Waals surface area contributed by atoms with Gasteiger partial charge in [0.1, 0.15) is 0 Å². The Morgan fingerprint density at radius 3 is 2.69 bits per heavy atom. The summed E-state index contributed by atoms with van der Waals surface area (Å²) in [7, 11) is 0. The smallest absolute Gasteiger partial charge is 0.155 e. The molecule has 1 fully saturated rings. The third-order valence-corrected chi connectivity index (χ3v) is 3.04. The van der Waals surface area contributed by atoms with Crippen LogP contribution >= 0.6 is 0 Å². The van der Waals surface area contributed by atoms with E-state index in [0.29, 0.717) is 5.92 Å². The molecule has 0 bridgehead atoms. The zero-order valence-electron chi connectivity index (χ0n) is 7.91. The lowest BCUT2D eigenvalue weighted by atomic mass is 9.84. The molecule has 1 N–H and O–H groups in total. The fraction of sp³-hybridized carbons (Fsp3) is 0.900. The molecule has 0 aromatic rings. The number of aliphatic hydroxyl groups excluding tert-OH is 1. The summed E-state index contributed by atoms with van der Waals surface area (Å²) in [5, 5.41) is 13.0. The first kappa shape index (κ1) is 9.00. The maximum Gasteiger partial charge on any atom is 0.155 e. The van der Waals surface area contributed by atoms with Crippen LogP contribution in [0.25, 0.3) is 0 Å². The van der Waals surface area contributed by atoms with Crippen molar-refractivity contribution in [3.63, 3.8) is 0 Å². The van der Waals surface area contributed by atoms with Gasteiger partial charge in [0.05, 0.1) is 12.3 Å². The summed E-state index contributed by atoms with van der Waals surface area (Å²) in [4.78, 5) is 5.11. The molecule has 1 atom stereocenters. The highest BCUT2D eigenvalue weighted by Gasteiger charge is 2.27. The van der Waals surface area contributed by atoms with Crippen molar-refractivity contribution >= 4 is 5.71 Å². The summed E-state index contributed by atoms with van der Waals surface area (Å²) in [6.45, 7) is 0.0969. The van der Waals surface area contributed by atoms with Gasteiger partial charge in [0.15, 0.2) is 6.10 Å². The molecule has 0 saturated heterocycles. The van der Waals surface area contributed by atoms with Crippen LogP contribution in [0.1, 0.15) is 38.5 Å². The highest BCUT2D eigenvalue weighted by Crippen LogP contribution is 2.28. The van der Waals surface area contributed by atoms with Crippen molar-refractivity contribution < 1.29 is 9.94 Å². The Kier molecular flexibility index (Phi) is 2.83. The first-order valence-electron chi connectivity index (χ1n) is 5.23. The van der Waals surface area contributed by atoms with Gasteiger partial charge in [0.25, 0.3) is 0 Å². The van der Waals surface area contributed by atoms with E-state index in [-0.39, 0.29) is 12.7 Å². The third-order valence-electron chi connectivity index (χ3n) is 3.04. The number of rotatable bonds is 2. The fourth-order valence-corrected chi connectivity index (χ4v) is 2.22. The number of oxime groups is 1. The van der Waals surface area contributed by atoms with Crippen LogP contribution in [-0.4, -0.2) is 23.5 Å². The normalized spacial score (nSPS) is 29.9. The average Bonchev–Trinajstić information content (AvgIpc) is 2.67. The Hall–Kier alpha value is -0.570. The van der Waals surface area contributed by atoms with Gasteiger partial charge in [-0.2, -0.15) is 0 Å². The van der Waals surface area contributed by atoms with Crippen LogP contribution in [0.2, 0.25) is 0 Å². The average molecular weight is 183 g/mol. The first-order valence-corrected chi connectivity index (χ1v) is 5.23. The van der Waals surface area contributed by atoms with E-state index in [9.17, 15) is 0 Å². The van der Waals surface area contributed by atoms with Crippen molar-refractivity contribution in [1.29, 1.82) is 0 Å². The van der Waals surface area contributed by atoms with Crippen molar-refractivity contribution in [3.05, 3.63) is 0 Å². The Balaban J connectivity index is 1.87. The SMILES string of the molecule is OCC1CC(C2CCCCC2)=NO1. The van der Waals surface area contributed by atoms with Crippen molar-refractivity contribution in [2.75, 3.05) is 6.61 Å². The Morgan fingerprint density at radius 1 is 1.31 bits per heavy atom. The molecule has 2 rings (SSSR count). The van der Waals surface area contributed by atoms with Crippen molar-refractivity contribution in [1.82, 2.24) is 0 Å². The van der Waals surface area contributed by atoms with Gasteiger partial charge in [-0.3, -0.25) is 0 Å². The van der Waals surface area contributed by atoms with Gasteiger partial charge in [-0.05, 0) is 12.8 Å². The zero-order valence-corrected chi connectivity index (χ0v) is 7.91. The lowest BCUT2D eigenvalue weighted by Gasteiger charge is -2.20. The molecular weight excluding hydrogens is 166 g/mol. The second-order valence-electron chi connectivity index (χ2n) is 4.03. The summed E-state index contributed by atoms with van der Waals surface area (Å²) >= 11 is 0. The van der Waals surface area contributed by atoms with E-state index in [1.54, 1.807) is 0 Å². The standard InChI is InChI=1S/C10H17NO2/c12-7-9-6-10(11-13-9)8-4-2-1-3-5-8/h8-9,12H,1-7H2. The molecule has 3 nitrogen and oxygen atoms in total. The Labute approximate surface area is 78.8 Å². The van der Waals surface area contributed by atoms with Crippen LogP contribution < -0.4 is 0 Å². The second-order valence-corrected chi connectivity index (χ2v) is 4.03. The van der Waals surface area contributed by atoms with Crippen LogP contribution in [0, 0.1) is 5.92 Å². The molecule has 1 heterocycles. The van der Waals surface area contributed by atoms with E-state index in [0.717, 1.165) is 6.42 Å². The van der Waals surface area contributed by atoms with Crippen LogP contribution in [-0.2, 0) is 4.84 Å².